The topological polar surface area (TPSA) is 76.1 Å². The van der Waals surface area contributed by atoms with Crippen molar-refractivity contribution in [2.24, 2.45) is 0 Å². The number of aliphatic hydroxyl groups excluding tert-OH is 1. The molecule has 0 amide bonds. The maximum absolute atomic E-state index is 12.4. The molecule has 0 unspecified atom stereocenters. The number of β-amino-alcohol motifs (C(OH)–C–C–N with tert-alkyl or cyclic N) is 1. The van der Waals surface area contributed by atoms with Crippen molar-refractivity contribution in [3.63, 3.8) is 0 Å². The normalized spacial score (nSPS) is 17.4. The molecule has 0 aliphatic carbocycles. The number of sulfonamides is 1. The Labute approximate surface area is 189 Å². The highest BCUT2D eigenvalue weighted by atomic mass is 32.2. The first-order valence-electron chi connectivity index (χ1n) is 10.7. The third-order valence-corrected chi connectivity index (χ3v) is 8.46. The zero-order chi connectivity index (χ0) is 21.8. The van der Waals surface area contributed by atoms with E-state index in [-0.39, 0.29) is 6.61 Å². The molecule has 2 aliphatic heterocycles. The van der Waals surface area contributed by atoms with Crippen LogP contribution >= 0.6 is 11.8 Å². The Kier molecular flexibility index (Phi) is 7.20. The predicted octanol–water partition coefficient (Wildman–Crippen LogP) is 2.20. The van der Waals surface area contributed by atoms with Gasteiger partial charge in [0.15, 0.2) is 0 Å². The SMILES string of the molecule is CNS(=O)(=O)c1ccc2c(c1)N(CCCN1CCN(CCO)CC1)c1ccccc1S2. The van der Waals surface area contributed by atoms with Crippen LogP contribution in [0.1, 0.15) is 6.42 Å². The Balaban J connectivity index is 1.50. The van der Waals surface area contributed by atoms with Gasteiger partial charge in [0.2, 0.25) is 10.0 Å². The first-order chi connectivity index (χ1) is 15.0. The van der Waals surface area contributed by atoms with Gasteiger partial charge in [-0.2, -0.15) is 0 Å². The molecule has 2 heterocycles. The summed E-state index contributed by atoms with van der Waals surface area (Å²) in [6.45, 7) is 6.84. The van der Waals surface area contributed by atoms with Crippen LogP contribution in [0.15, 0.2) is 57.2 Å². The number of piperazine rings is 1. The van der Waals surface area contributed by atoms with E-state index in [4.69, 9.17) is 5.11 Å². The Morgan fingerprint density at radius 2 is 1.61 bits per heavy atom. The van der Waals surface area contributed by atoms with Crippen LogP contribution in [-0.4, -0.2) is 82.8 Å². The van der Waals surface area contributed by atoms with Crippen LogP contribution < -0.4 is 9.62 Å². The number of para-hydroxylation sites is 1. The largest absolute Gasteiger partial charge is 0.395 e. The molecule has 2 aromatic rings. The molecule has 0 bridgehead atoms. The van der Waals surface area contributed by atoms with Crippen molar-refractivity contribution >= 4 is 33.2 Å². The second-order valence-corrected chi connectivity index (χ2v) is 10.8. The summed E-state index contributed by atoms with van der Waals surface area (Å²) < 4.78 is 27.2. The standard InChI is InChI=1S/C22H30N4O3S2/c1-23-31(28,29)18-7-8-22-20(17-18)26(19-5-2-3-6-21(19)30-22)10-4-9-24-11-13-25(14-12-24)15-16-27/h2-3,5-8,17,23,27H,4,9-16H2,1H3. The lowest BCUT2D eigenvalue weighted by Gasteiger charge is -2.36. The minimum Gasteiger partial charge on any atom is -0.395 e. The number of hydrogen-bond acceptors (Lipinski definition) is 7. The minimum absolute atomic E-state index is 0.219. The van der Waals surface area contributed by atoms with Gasteiger partial charge in [0.25, 0.3) is 0 Å². The molecule has 0 aromatic heterocycles. The quantitative estimate of drug-likeness (QED) is 0.623. The minimum atomic E-state index is -3.50. The Morgan fingerprint density at radius 3 is 2.32 bits per heavy atom. The van der Waals surface area contributed by atoms with Crippen LogP contribution in [0.3, 0.4) is 0 Å². The van der Waals surface area contributed by atoms with Gasteiger partial charge in [-0.3, -0.25) is 4.90 Å². The summed E-state index contributed by atoms with van der Waals surface area (Å²) in [5.41, 5.74) is 2.08. The summed E-state index contributed by atoms with van der Waals surface area (Å²) >= 11 is 1.69. The third kappa shape index (κ3) is 5.08. The average molecular weight is 463 g/mol. The molecule has 4 rings (SSSR count). The number of fused-ring (bicyclic) bond motifs is 2. The van der Waals surface area contributed by atoms with Gasteiger partial charge in [0, 0.05) is 49.1 Å². The molecule has 0 radical (unpaired) electrons. The zero-order valence-electron chi connectivity index (χ0n) is 17.8. The van der Waals surface area contributed by atoms with Gasteiger partial charge in [-0.15, -0.1) is 0 Å². The van der Waals surface area contributed by atoms with E-state index in [0.29, 0.717) is 4.90 Å². The van der Waals surface area contributed by atoms with Crippen LogP contribution in [-0.2, 0) is 10.0 Å². The predicted molar refractivity (Wildman–Crippen MR) is 125 cm³/mol. The first kappa shape index (κ1) is 22.6. The molecular formula is C22H30N4O3S2. The molecule has 2 aromatic carbocycles. The summed E-state index contributed by atoms with van der Waals surface area (Å²) in [5.74, 6) is 0. The van der Waals surface area contributed by atoms with Crippen molar-refractivity contribution in [2.75, 3.05) is 64.4 Å². The summed E-state index contributed by atoms with van der Waals surface area (Å²) in [6.07, 6.45) is 0.988. The van der Waals surface area contributed by atoms with Crippen molar-refractivity contribution < 1.29 is 13.5 Å². The molecule has 1 fully saturated rings. The van der Waals surface area contributed by atoms with E-state index in [1.54, 1.807) is 23.9 Å². The average Bonchev–Trinajstić information content (AvgIpc) is 2.79. The number of aliphatic hydroxyl groups is 1. The molecule has 31 heavy (non-hydrogen) atoms. The van der Waals surface area contributed by atoms with E-state index in [1.807, 2.05) is 18.2 Å². The maximum Gasteiger partial charge on any atom is 0.240 e. The highest BCUT2D eigenvalue weighted by molar-refractivity contribution is 7.99. The fourth-order valence-electron chi connectivity index (χ4n) is 4.17. The van der Waals surface area contributed by atoms with Gasteiger partial charge in [-0.1, -0.05) is 23.9 Å². The Hall–Kier alpha value is -1.62. The molecule has 0 spiro atoms. The van der Waals surface area contributed by atoms with Crippen molar-refractivity contribution in [3.8, 4) is 0 Å². The summed E-state index contributed by atoms with van der Waals surface area (Å²) in [5, 5.41) is 9.11. The molecule has 9 heteroatoms. The Bertz CT molecular complexity index is 1010. The van der Waals surface area contributed by atoms with Crippen LogP contribution in [0.4, 0.5) is 11.4 Å². The highest BCUT2D eigenvalue weighted by Crippen LogP contribution is 2.48. The van der Waals surface area contributed by atoms with Gasteiger partial charge in [-0.25, -0.2) is 13.1 Å². The summed E-state index contributed by atoms with van der Waals surface area (Å²) in [4.78, 5) is 9.59. The molecule has 2 aliphatic rings. The summed E-state index contributed by atoms with van der Waals surface area (Å²) in [7, 11) is -2.06. The van der Waals surface area contributed by atoms with Crippen LogP contribution in [0.5, 0.6) is 0 Å². The summed E-state index contributed by atoms with van der Waals surface area (Å²) in [6, 6.07) is 13.7. The Morgan fingerprint density at radius 1 is 0.935 bits per heavy atom. The monoisotopic (exact) mass is 462 g/mol. The molecule has 0 saturated carbocycles. The van der Waals surface area contributed by atoms with Crippen LogP contribution in [0.25, 0.3) is 0 Å². The van der Waals surface area contributed by atoms with Gasteiger partial charge in [0.1, 0.15) is 0 Å². The van der Waals surface area contributed by atoms with Gasteiger partial charge in [0.05, 0.1) is 22.9 Å². The number of nitrogens with one attached hydrogen (secondary N) is 1. The molecular weight excluding hydrogens is 432 g/mol. The van der Waals surface area contributed by atoms with E-state index in [1.165, 1.54) is 11.9 Å². The van der Waals surface area contributed by atoms with E-state index in [2.05, 4.69) is 31.6 Å². The molecule has 7 nitrogen and oxygen atoms in total. The van der Waals surface area contributed by atoms with Crippen molar-refractivity contribution in [1.29, 1.82) is 0 Å². The molecule has 2 N–H and O–H groups in total. The van der Waals surface area contributed by atoms with Crippen molar-refractivity contribution in [2.45, 2.75) is 21.1 Å². The lowest BCUT2D eigenvalue weighted by Crippen LogP contribution is -2.47. The fraction of sp³-hybridized carbons (Fsp3) is 0.455. The molecule has 0 atom stereocenters. The number of rotatable bonds is 8. The lowest BCUT2D eigenvalue weighted by atomic mass is 10.2. The van der Waals surface area contributed by atoms with Gasteiger partial charge in [-0.05, 0) is 50.3 Å². The van der Waals surface area contributed by atoms with Crippen LogP contribution in [0, 0.1) is 0 Å². The number of hydrogen-bond donors (Lipinski definition) is 2. The zero-order valence-corrected chi connectivity index (χ0v) is 19.5. The number of benzene rings is 2. The van der Waals surface area contributed by atoms with E-state index >= 15 is 0 Å². The van der Waals surface area contributed by atoms with Gasteiger partial charge < -0.3 is 14.9 Å². The number of anilines is 2. The second-order valence-electron chi connectivity index (χ2n) is 7.82. The smallest absolute Gasteiger partial charge is 0.240 e. The molecule has 168 valence electrons. The third-order valence-electron chi connectivity index (χ3n) is 5.91. The lowest BCUT2D eigenvalue weighted by molar-refractivity contribution is 0.112. The van der Waals surface area contributed by atoms with Crippen molar-refractivity contribution in [3.05, 3.63) is 42.5 Å². The maximum atomic E-state index is 12.4. The van der Waals surface area contributed by atoms with Crippen LogP contribution in [0.2, 0.25) is 0 Å². The van der Waals surface area contributed by atoms with Crippen molar-refractivity contribution in [1.82, 2.24) is 14.5 Å². The highest BCUT2D eigenvalue weighted by Gasteiger charge is 2.25. The second kappa shape index (κ2) is 9.89. The van der Waals surface area contributed by atoms with Gasteiger partial charge >= 0.3 is 0 Å². The fourth-order valence-corrected chi connectivity index (χ4v) is 5.99. The van der Waals surface area contributed by atoms with E-state index < -0.39 is 10.0 Å². The van der Waals surface area contributed by atoms with E-state index in [9.17, 15) is 8.42 Å². The number of nitrogens with zero attached hydrogens (tertiary/aromatic N) is 3. The molecule has 1 saturated heterocycles. The van der Waals surface area contributed by atoms with E-state index in [0.717, 1.165) is 68.5 Å². The first-order valence-corrected chi connectivity index (χ1v) is 13.0.